The fraction of sp³-hybridized carbons (Fsp3) is 0.125. The highest BCUT2D eigenvalue weighted by atomic mass is 19.1. The van der Waals surface area contributed by atoms with Crippen molar-refractivity contribution in [1.29, 1.82) is 0 Å². The SMILES string of the molecule is COC(=O)c1ccc(-c2cccc(C(=O)O)c2OC)cc1F. The fourth-order valence-corrected chi connectivity index (χ4v) is 2.11. The maximum atomic E-state index is 14.0. The number of carbonyl (C=O) groups excluding carboxylic acids is 1. The quantitative estimate of drug-likeness (QED) is 0.879. The van der Waals surface area contributed by atoms with Gasteiger partial charge in [0.15, 0.2) is 0 Å². The number of hydrogen-bond donors (Lipinski definition) is 1. The van der Waals surface area contributed by atoms with Crippen LogP contribution >= 0.6 is 0 Å². The van der Waals surface area contributed by atoms with Crippen molar-refractivity contribution in [2.75, 3.05) is 14.2 Å². The number of esters is 1. The number of ether oxygens (including phenoxy) is 2. The van der Waals surface area contributed by atoms with Crippen LogP contribution in [0.2, 0.25) is 0 Å². The molecule has 0 heterocycles. The summed E-state index contributed by atoms with van der Waals surface area (Å²) in [5.74, 6) is -2.56. The first kappa shape index (κ1) is 15.5. The van der Waals surface area contributed by atoms with Crippen LogP contribution in [0.1, 0.15) is 20.7 Å². The normalized spacial score (nSPS) is 10.1. The molecule has 0 radical (unpaired) electrons. The molecule has 22 heavy (non-hydrogen) atoms. The number of hydrogen-bond acceptors (Lipinski definition) is 4. The van der Waals surface area contributed by atoms with Gasteiger partial charge in [0.05, 0.1) is 19.8 Å². The third kappa shape index (κ3) is 2.76. The molecule has 6 heteroatoms. The lowest BCUT2D eigenvalue weighted by atomic mass is 9.99. The van der Waals surface area contributed by atoms with Gasteiger partial charge in [-0.05, 0) is 23.8 Å². The van der Waals surface area contributed by atoms with Crippen molar-refractivity contribution in [3.63, 3.8) is 0 Å². The molecule has 2 rings (SSSR count). The van der Waals surface area contributed by atoms with Gasteiger partial charge >= 0.3 is 11.9 Å². The summed E-state index contributed by atoms with van der Waals surface area (Å²) in [6.07, 6.45) is 0. The van der Waals surface area contributed by atoms with Crippen LogP contribution in [-0.4, -0.2) is 31.3 Å². The first-order valence-corrected chi connectivity index (χ1v) is 6.28. The minimum atomic E-state index is -1.15. The van der Waals surface area contributed by atoms with Crippen LogP contribution in [0.15, 0.2) is 36.4 Å². The molecule has 5 nitrogen and oxygen atoms in total. The molecule has 2 aromatic carbocycles. The topological polar surface area (TPSA) is 72.8 Å². The Kier molecular flexibility index (Phi) is 4.41. The maximum absolute atomic E-state index is 14.0. The van der Waals surface area contributed by atoms with Gasteiger partial charge < -0.3 is 14.6 Å². The van der Waals surface area contributed by atoms with Crippen molar-refractivity contribution < 1.29 is 28.6 Å². The molecule has 0 saturated carbocycles. The molecule has 1 N–H and O–H groups in total. The van der Waals surface area contributed by atoms with Gasteiger partial charge in [-0.1, -0.05) is 18.2 Å². The van der Waals surface area contributed by atoms with E-state index in [1.165, 1.54) is 31.4 Å². The fourth-order valence-electron chi connectivity index (χ4n) is 2.11. The zero-order chi connectivity index (χ0) is 16.3. The molecule has 0 saturated heterocycles. The van der Waals surface area contributed by atoms with Crippen molar-refractivity contribution in [3.05, 3.63) is 53.3 Å². The van der Waals surface area contributed by atoms with Gasteiger partial charge in [-0.3, -0.25) is 0 Å². The van der Waals surface area contributed by atoms with Gasteiger partial charge in [-0.2, -0.15) is 0 Å². The minimum Gasteiger partial charge on any atom is -0.495 e. The van der Waals surface area contributed by atoms with E-state index in [9.17, 15) is 14.0 Å². The average Bonchev–Trinajstić information content (AvgIpc) is 2.53. The van der Waals surface area contributed by atoms with Crippen LogP contribution in [0.25, 0.3) is 11.1 Å². The van der Waals surface area contributed by atoms with E-state index in [0.29, 0.717) is 11.1 Å². The predicted octanol–water partition coefficient (Wildman–Crippen LogP) is 2.99. The molecule has 0 aliphatic heterocycles. The Balaban J connectivity index is 2.58. The number of halogens is 1. The molecular formula is C16H13FO5. The molecule has 0 fully saturated rings. The first-order chi connectivity index (χ1) is 10.5. The highest BCUT2D eigenvalue weighted by Crippen LogP contribution is 2.34. The van der Waals surface area contributed by atoms with Gasteiger partial charge in [0.25, 0.3) is 0 Å². The molecule has 0 aliphatic carbocycles. The Morgan fingerprint density at radius 3 is 2.36 bits per heavy atom. The summed E-state index contributed by atoms with van der Waals surface area (Å²) >= 11 is 0. The summed E-state index contributed by atoms with van der Waals surface area (Å²) < 4.78 is 23.6. The number of carboxylic acids is 1. The van der Waals surface area contributed by atoms with Crippen molar-refractivity contribution in [3.8, 4) is 16.9 Å². The largest absolute Gasteiger partial charge is 0.495 e. The molecular weight excluding hydrogens is 291 g/mol. The Bertz CT molecular complexity index is 739. The Morgan fingerprint density at radius 1 is 1.09 bits per heavy atom. The number of methoxy groups -OCH3 is 2. The van der Waals surface area contributed by atoms with Crippen molar-refractivity contribution >= 4 is 11.9 Å². The number of rotatable bonds is 4. The number of para-hydroxylation sites is 1. The first-order valence-electron chi connectivity index (χ1n) is 6.28. The van der Waals surface area contributed by atoms with Gasteiger partial charge in [0.2, 0.25) is 0 Å². The monoisotopic (exact) mass is 304 g/mol. The van der Waals surface area contributed by atoms with Crippen molar-refractivity contribution in [2.45, 2.75) is 0 Å². The smallest absolute Gasteiger partial charge is 0.340 e. The van der Waals surface area contributed by atoms with Crippen LogP contribution in [0.3, 0.4) is 0 Å². The van der Waals surface area contributed by atoms with Crippen molar-refractivity contribution in [2.24, 2.45) is 0 Å². The van der Waals surface area contributed by atoms with E-state index in [1.807, 2.05) is 0 Å². The van der Waals surface area contributed by atoms with Crippen molar-refractivity contribution in [1.82, 2.24) is 0 Å². The summed E-state index contributed by atoms with van der Waals surface area (Å²) in [7, 11) is 2.50. The molecule has 0 aliphatic rings. The number of benzene rings is 2. The van der Waals surface area contributed by atoms with Gasteiger partial charge in [0, 0.05) is 5.56 Å². The predicted molar refractivity (Wildman–Crippen MR) is 76.7 cm³/mol. The van der Waals surface area contributed by atoms with Gasteiger partial charge in [0.1, 0.15) is 17.1 Å². The molecule has 0 amide bonds. The second-order valence-corrected chi connectivity index (χ2v) is 4.38. The van der Waals surface area contributed by atoms with Crippen LogP contribution in [-0.2, 0) is 4.74 Å². The van der Waals surface area contributed by atoms with Gasteiger partial charge in [-0.15, -0.1) is 0 Å². The van der Waals surface area contributed by atoms with Crippen LogP contribution in [0.5, 0.6) is 5.75 Å². The second-order valence-electron chi connectivity index (χ2n) is 4.38. The lowest BCUT2D eigenvalue weighted by Gasteiger charge is -2.12. The zero-order valence-corrected chi connectivity index (χ0v) is 11.9. The summed E-state index contributed by atoms with van der Waals surface area (Å²) in [5, 5.41) is 9.16. The number of aromatic carboxylic acids is 1. The van der Waals surface area contributed by atoms with E-state index in [4.69, 9.17) is 9.84 Å². The zero-order valence-electron chi connectivity index (χ0n) is 11.9. The highest BCUT2D eigenvalue weighted by Gasteiger charge is 2.18. The summed E-state index contributed by atoms with van der Waals surface area (Å²) in [4.78, 5) is 22.6. The maximum Gasteiger partial charge on any atom is 0.340 e. The third-order valence-electron chi connectivity index (χ3n) is 3.13. The molecule has 0 unspecified atom stereocenters. The Hall–Kier alpha value is -2.89. The minimum absolute atomic E-state index is 0.0301. The third-order valence-corrected chi connectivity index (χ3v) is 3.13. The summed E-state index contributed by atoms with van der Waals surface area (Å²) in [6, 6.07) is 8.45. The van der Waals surface area contributed by atoms with E-state index in [0.717, 1.165) is 13.2 Å². The lowest BCUT2D eigenvalue weighted by molar-refractivity contribution is 0.0594. The van der Waals surface area contributed by atoms with E-state index in [1.54, 1.807) is 6.07 Å². The van der Waals surface area contributed by atoms with E-state index >= 15 is 0 Å². The molecule has 2 aromatic rings. The van der Waals surface area contributed by atoms with E-state index in [-0.39, 0.29) is 16.9 Å². The lowest BCUT2D eigenvalue weighted by Crippen LogP contribution is -2.05. The van der Waals surface area contributed by atoms with E-state index < -0.39 is 17.8 Å². The van der Waals surface area contributed by atoms with Gasteiger partial charge in [-0.25, -0.2) is 14.0 Å². The molecule has 0 atom stereocenters. The van der Waals surface area contributed by atoms with E-state index in [2.05, 4.69) is 4.74 Å². The molecule has 0 bridgehead atoms. The average molecular weight is 304 g/mol. The Morgan fingerprint density at radius 2 is 1.82 bits per heavy atom. The number of carboxylic acid groups (broad SMARTS) is 1. The Labute approximate surface area is 125 Å². The second kappa shape index (κ2) is 6.26. The molecule has 0 spiro atoms. The highest BCUT2D eigenvalue weighted by molar-refractivity contribution is 5.95. The van der Waals surface area contributed by atoms with Crippen LogP contribution in [0, 0.1) is 5.82 Å². The standard InChI is InChI=1S/C16H13FO5/c1-21-14-10(4-3-5-12(14)15(18)19)9-6-7-11(13(17)8-9)16(20)22-2/h3-8H,1-2H3,(H,18,19). The number of carbonyl (C=O) groups is 2. The van der Waals surface area contributed by atoms with Crippen LogP contribution < -0.4 is 4.74 Å². The molecule has 0 aromatic heterocycles. The summed E-state index contributed by atoms with van der Waals surface area (Å²) in [6.45, 7) is 0. The molecule has 114 valence electrons. The summed E-state index contributed by atoms with van der Waals surface area (Å²) in [5.41, 5.74) is 0.583. The van der Waals surface area contributed by atoms with Crippen LogP contribution in [0.4, 0.5) is 4.39 Å².